The van der Waals surface area contributed by atoms with Crippen LogP contribution in [0.1, 0.15) is 16.2 Å². The van der Waals surface area contributed by atoms with Crippen molar-refractivity contribution in [2.24, 2.45) is 5.73 Å². The summed E-state index contributed by atoms with van der Waals surface area (Å²) in [6.45, 7) is 0. The van der Waals surface area contributed by atoms with Crippen LogP contribution in [0.5, 0.6) is 0 Å². The highest BCUT2D eigenvalue weighted by Crippen LogP contribution is 2.17. The van der Waals surface area contributed by atoms with Crippen LogP contribution in [0.25, 0.3) is 17.3 Å². The zero-order valence-electron chi connectivity index (χ0n) is 9.32. The first-order valence-corrected chi connectivity index (χ1v) is 5.11. The molecule has 0 fully saturated rings. The van der Waals surface area contributed by atoms with Crippen LogP contribution in [0.4, 0.5) is 0 Å². The lowest BCUT2D eigenvalue weighted by Crippen LogP contribution is -2.01. The fraction of sp³-hybridized carbons (Fsp3) is 0. The fourth-order valence-corrected chi connectivity index (χ4v) is 1.43. The van der Waals surface area contributed by atoms with Crippen LogP contribution in [-0.2, 0) is 0 Å². The third-order valence-electron chi connectivity index (χ3n) is 2.23. The monoisotopic (exact) mass is 242 g/mol. The second-order valence-electron chi connectivity index (χ2n) is 3.42. The number of pyridine rings is 1. The third-order valence-corrected chi connectivity index (χ3v) is 2.23. The van der Waals surface area contributed by atoms with Gasteiger partial charge >= 0.3 is 5.97 Å². The van der Waals surface area contributed by atoms with E-state index in [0.29, 0.717) is 11.4 Å². The summed E-state index contributed by atoms with van der Waals surface area (Å²) in [6.07, 6.45) is 5.85. The van der Waals surface area contributed by atoms with Crippen LogP contribution in [0.3, 0.4) is 0 Å². The average Bonchev–Trinajstić information content (AvgIpc) is 2.39. The third kappa shape index (κ3) is 2.49. The summed E-state index contributed by atoms with van der Waals surface area (Å²) in [5.41, 5.74) is 7.19. The molecule has 0 aliphatic carbocycles. The lowest BCUT2D eigenvalue weighted by molar-refractivity contribution is 0.0690. The van der Waals surface area contributed by atoms with Crippen molar-refractivity contribution >= 4 is 12.0 Å². The van der Waals surface area contributed by atoms with Crippen molar-refractivity contribution < 1.29 is 9.90 Å². The number of carboxylic acids is 1. The van der Waals surface area contributed by atoms with Crippen LogP contribution < -0.4 is 5.73 Å². The highest BCUT2D eigenvalue weighted by atomic mass is 16.4. The summed E-state index contributed by atoms with van der Waals surface area (Å²) in [5, 5.41) is 8.86. The van der Waals surface area contributed by atoms with E-state index in [1.165, 1.54) is 18.6 Å². The van der Waals surface area contributed by atoms with Gasteiger partial charge in [0.05, 0.1) is 11.4 Å². The van der Waals surface area contributed by atoms with Gasteiger partial charge in [-0.1, -0.05) is 0 Å². The number of rotatable bonds is 3. The smallest absolute Gasteiger partial charge is 0.354 e. The summed E-state index contributed by atoms with van der Waals surface area (Å²) in [6, 6.07) is 4.91. The molecule has 0 saturated heterocycles. The van der Waals surface area contributed by atoms with Gasteiger partial charge in [-0.25, -0.2) is 14.8 Å². The number of hydrogen-bond acceptors (Lipinski definition) is 5. The van der Waals surface area contributed by atoms with E-state index in [-0.39, 0.29) is 5.69 Å². The molecule has 2 aromatic heterocycles. The molecule has 2 aromatic rings. The van der Waals surface area contributed by atoms with Crippen LogP contribution >= 0.6 is 0 Å². The maximum absolute atomic E-state index is 10.8. The van der Waals surface area contributed by atoms with E-state index < -0.39 is 5.97 Å². The second kappa shape index (κ2) is 5.05. The van der Waals surface area contributed by atoms with Crippen molar-refractivity contribution in [3.63, 3.8) is 0 Å². The number of nitrogens with zero attached hydrogens (tertiary/aromatic N) is 3. The van der Waals surface area contributed by atoms with Gasteiger partial charge in [-0.3, -0.25) is 4.98 Å². The molecule has 0 aliphatic rings. The minimum Gasteiger partial charge on any atom is -0.477 e. The fourth-order valence-electron chi connectivity index (χ4n) is 1.43. The predicted molar refractivity (Wildman–Crippen MR) is 65.4 cm³/mol. The van der Waals surface area contributed by atoms with Crippen LogP contribution in [0.2, 0.25) is 0 Å². The summed E-state index contributed by atoms with van der Waals surface area (Å²) >= 11 is 0. The summed E-state index contributed by atoms with van der Waals surface area (Å²) in [4.78, 5) is 22.6. The first-order chi connectivity index (χ1) is 8.70. The largest absolute Gasteiger partial charge is 0.477 e. The van der Waals surface area contributed by atoms with Crippen molar-refractivity contribution in [1.29, 1.82) is 0 Å². The van der Waals surface area contributed by atoms with Crippen LogP contribution in [-0.4, -0.2) is 26.0 Å². The Hall–Kier alpha value is -2.76. The first kappa shape index (κ1) is 11.7. The molecule has 2 rings (SSSR count). The van der Waals surface area contributed by atoms with E-state index in [1.54, 1.807) is 24.4 Å². The minimum atomic E-state index is -1.09. The number of carbonyl (C=O) groups is 1. The Bertz CT molecular complexity index is 611. The zero-order chi connectivity index (χ0) is 13.0. The molecule has 0 aliphatic heterocycles. The molecule has 18 heavy (non-hydrogen) atoms. The lowest BCUT2D eigenvalue weighted by Gasteiger charge is -2.02. The molecule has 90 valence electrons. The second-order valence-corrected chi connectivity index (χ2v) is 3.42. The number of aromatic nitrogens is 3. The van der Waals surface area contributed by atoms with Crippen LogP contribution in [0, 0.1) is 0 Å². The molecule has 6 heteroatoms. The number of hydrogen-bond donors (Lipinski definition) is 2. The van der Waals surface area contributed by atoms with Gasteiger partial charge in [-0.15, -0.1) is 0 Å². The molecule has 0 spiro atoms. The maximum atomic E-state index is 10.8. The Morgan fingerprint density at radius 3 is 2.83 bits per heavy atom. The van der Waals surface area contributed by atoms with Gasteiger partial charge in [0.15, 0.2) is 5.69 Å². The Labute approximate surface area is 103 Å². The molecule has 0 amide bonds. The molecule has 0 radical (unpaired) electrons. The van der Waals surface area contributed by atoms with Gasteiger partial charge in [0.2, 0.25) is 0 Å². The Balaban J connectivity index is 2.45. The topological polar surface area (TPSA) is 102 Å². The Morgan fingerprint density at radius 2 is 2.11 bits per heavy atom. The SMILES string of the molecule is NC=Cc1cc(-c2cc(C(=O)O)ncn2)ccn1. The molecular weight excluding hydrogens is 232 g/mol. The van der Waals surface area contributed by atoms with E-state index in [1.807, 2.05) is 0 Å². The lowest BCUT2D eigenvalue weighted by atomic mass is 10.1. The number of carboxylic acid groups (broad SMARTS) is 1. The molecule has 2 heterocycles. The molecule has 0 bridgehead atoms. The molecule has 0 saturated carbocycles. The number of nitrogens with two attached hydrogens (primary N) is 1. The van der Waals surface area contributed by atoms with Crippen molar-refractivity contribution in [3.8, 4) is 11.3 Å². The van der Waals surface area contributed by atoms with Gasteiger partial charge in [0.1, 0.15) is 6.33 Å². The van der Waals surface area contributed by atoms with Gasteiger partial charge in [0, 0.05) is 11.8 Å². The number of aromatic carboxylic acids is 1. The summed E-state index contributed by atoms with van der Waals surface area (Å²) in [7, 11) is 0. The Kier molecular flexibility index (Phi) is 3.29. The standard InChI is InChI=1S/C12H10N4O2/c13-3-1-9-5-8(2-4-14-9)10-6-11(12(17)18)16-7-15-10/h1-7H,13H2,(H,17,18). The Morgan fingerprint density at radius 1 is 1.28 bits per heavy atom. The van der Waals surface area contributed by atoms with Gasteiger partial charge < -0.3 is 10.8 Å². The normalized spacial score (nSPS) is 10.7. The van der Waals surface area contributed by atoms with Crippen LogP contribution in [0.15, 0.2) is 36.9 Å². The van der Waals surface area contributed by atoms with Gasteiger partial charge in [-0.05, 0) is 30.5 Å². The molecule has 3 N–H and O–H groups in total. The highest BCUT2D eigenvalue weighted by molar-refractivity contribution is 5.86. The zero-order valence-corrected chi connectivity index (χ0v) is 9.32. The minimum absolute atomic E-state index is 0.0484. The van der Waals surface area contributed by atoms with Crippen molar-refractivity contribution in [2.75, 3.05) is 0 Å². The molecule has 0 atom stereocenters. The predicted octanol–water partition coefficient (Wildman–Crippen LogP) is 1.17. The van der Waals surface area contributed by atoms with E-state index >= 15 is 0 Å². The first-order valence-electron chi connectivity index (χ1n) is 5.11. The maximum Gasteiger partial charge on any atom is 0.354 e. The summed E-state index contributed by atoms with van der Waals surface area (Å²) < 4.78 is 0. The average molecular weight is 242 g/mol. The van der Waals surface area contributed by atoms with E-state index in [4.69, 9.17) is 10.8 Å². The van der Waals surface area contributed by atoms with Gasteiger partial charge in [-0.2, -0.15) is 0 Å². The molecule has 0 aromatic carbocycles. The van der Waals surface area contributed by atoms with Gasteiger partial charge in [0.25, 0.3) is 0 Å². The molecule has 0 unspecified atom stereocenters. The molecular formula is C12H10N4O2. The van der Waals surface area contributed by atoms with Crippen molar-refractivity contribution in [3.05, 3.63) is 48.3 Å². The van der Waals surface area contributed by atoms with E-state index in [0.717, 1.165) is 5.56 Å². The van der Waals surface area contributed by atoms with Crippen molar-refractivity contribution in [1.82, 2.24) is 15.0 Å². The molecule has 6 nitrogen and oxygen atoms in total. The van der Waals surface area contributed by atoms with E-state index in [2.05, 4.69) is 15.0 Å². The van der Waals surface area contributed by atoms with E-state index in [9.17, 15) is 4.79 Å². The van der Waals surface area contributed by atoms with Crippen molar-refractivity contribution in [2.45, 2.75) is 0 Å². The summed E-state index contributed by atoms with van der Waals surface area (Å²) in [5.74, 6) is -1.09. The highest BCUT2D eigenvalue weighted by Gasteiger charge is 2.07. The quantitative estimate of drug-likeness (QED) is 0.837.